The largest absolute Gasteiger partial charge is 0.465 e. The minimum atomic E-state index is -0.432. The van der Waals surface area contributed by atoms with Crippen molar-refractivity contribution in [3.05, 3.63) is 72.6 Å². The second kappa shape index (κ2) is 7.32. The fourth-order valence-electron chi connectivity index (χ4n) is 2.98. The molecule has 0 fully saturated rings. The second-order valence-corrected chi connectivity index (χ2v) is 6.05. The number of hydrogen-bond donors (Lipinski definition) is 2. The number of nitrogens with zero attached hydrogens (tertiary/aromatic N) is 2. The smallest absolute Gasteiger partial charge is 0.337 e. The molecule has 0 aliphatic rings. The molecule has 2 aromatic carbocycles. The van der Waals surface area contributed by atoms with Crippen LogP contribution in [0, 0.1) is 0 Å². The molecule has 7 nitrogen and oxygen atoms in total. The Morgan fingerprint density at radius 3 is 2.36 bits per heavy atom. The number of urea groups is 1. The normalized spacial score (nSPS) is 10.6. The molecule has 0 atom stereocenters. The zero-order valence-corrected chi connectivity index (χ0v) is 15.0. The van der Waals surface area contributed by atoms with Gasteiger partial charge in [-0.05, 0) is 48.5 Å². The Hall–Kier alpha value is -4.00. The summed E-state index contributed by atoms with van der Waals surface area (Å²) in [6.45, 7) is 0. The van der Waals surface area contributed by atoms with Gasteiger partial charge in [-0.2, -0.15) is 0 Å². The van der Waals surface area contributed by atoms with Crippen LogP contribution >= 0.6 is 0 Å². The summed E-state index contributed by atoms with van der Waals surface area (Å²) in [5, 5.41) is 7.35. The van der Waals surface area contributed by atoms with Crippen molar-refractivity contribution in [1.82, 2.24) is 9.97 Å². The van der Waals surface area contributed by atoms with Crippen LogP contribution in [-0.4, -0.2) is 29.1 Å². The van der Waals surface area contributed by atoms with Crippen LogP contribution in [0.1, 0.15) is 10.4 Å². The van der Waals surface area contributed by atoms with Crippen molar-refractivity contribution in [2.24, 2.45) is 0 Å². The van der Waals surface area contributed by atoms with Gasteiger partial charge in [-0.1, -0.05) is 6.07 Å². The van der Waals surface area contributed by atoms with Crippen LogP contribution in [0.4, 0.5) is 16.2 Å². The molecule has 2 amide bonds. The Morgan fingerprint density at radius 2 is 1.61 bits per heavy atom. The van der Waals surface area contributed by atoms with Crippen molar-refractivity contribution in [2.45, 2.75) is 0 Å². The van der Waals surface area contributed by atoms with Gasteiger partial charge >= 0.3 is 12.0 Å². The summed E-state index contributed by atoms with van der Waals surface area (Å²) in [6, 6.07) is 15.4. The maximum atomic E-state index is 12.5. The van der Waals surface area contributed by atoms with E-state index in [2.05, 4.69) is 25.3 Å². The van der Waals surface area contributed by atoms with Gasteiger partial charge in [0.25, 0.3) is 0 Å². The average Bonchev–Trinajstić information content (AvgIpc) is 2.74. The van der Waals surface area contributed by atoms with E-state index in [1.165, 1.54) is 7.11 Å². The summed E-state index contributed by atoms with van der Waals surface area (Å²) in [5.41, 5.74) is 3.02. The first kappa shape index (κ1) is 17.4. The first-order valence-electron chi connectivity index (χ1n) is 8.54. The lowest BCUT2D eigenvalue weighted by Gasteiger charge is -2.11. The molecular formula is C21H16N4O3. The Balaban J connectivity index is 1.60. The van der Waals surface area contributed by atoms with Crippen LogP contribution in [0.2, 0.25) is 0 Å². The Bertz CT molecular complexity index is 1190. The van der Waals surface area contributed by atoms with E-state index in [0.29, 0.717) is 22.5 Å². The highest BCUT2D eigenvalue weighted by Crippen LogP contribution is 2.29. The number of carbonyl (C=O) groups is 2. The SMILES string of the molecule is COC(=O)c1ccc(NC(=O)Nc2cc3cccnc3c3cccnc23)cc1. The lowest BCUT2D eigenvalue weighted by atomic mass is 10.1. The summed E-state index contributed by atoms with van der Waals surface area (Å²) >= 11 is 0. The summed E-state index contributed by atoms with van der Waals surface area (Å²) in [5.74, 6) is -0.432. The van der Waals surface area contributed by atoms with Gasteiger partial charge in [-0.15, -0.1) is 0 Å². The van der Waals surface area contributed by atoms with Crippen LogP contribution in [0.15, 0.2) is 67.0 Å². The van der Waals surface area contributed by atoms with Crippen LogP contribution in [0.25, 0.3) is 21.8 Å². The van der Waals surface area contributed by atoms with Gasteiger partial charge < -0.3 is 15.4 Å². The Kier molecular flexibility index (Phi) is 4.55. The van der Waals surface area contributed by atoms with Crippen LogP contribution in [0.3, 0.4) is 0 Å². The molecule has 0 unspecified atom stereocenters. The highest BCUT2D eigenvalue weighted by molar-refractivity contribution is 6.13. The number of fused-ring (bicyclic) bond motifs is 3. The molecule has 0 saturated carbocycles. The number of anilines is 2. The van der Waals surface area contributed by atoms with Gasteiger partial charge in [0, 0.05) is 28.9 Å². The molecule has 0 saturated heterocycles. The third-order valence-corrected chi connectivity index (χ3v) is 4.27. The number of esters is 1. The number of nitrogens with one attached hydrogen (secondary N) is 2. The number of amides is 2. The topological polar surface area (TPSA) is 93.2 Å². The van der Waals surface area contributed by atoms with Crippen molar-refractivity contribution in [3.8, 4) is 0 Å². The lowest BCUT2D eigenvalue weighted by molar-refractivity contribution is 0.0600. The maximum Gasteiger partial charge on any atom is 0.337 e. The lowest BCUT2D eigenvalue weighted by Crippen LogP contribution is -2.19. The minimum Gasteiger partial charge on any atom is -0.465 e. The van der Waals surface area contributed by atoms with E-state index in [9.17, 15) is 9.59 Å². The van der Waals surface area contributed by atoms with E-state index in [1.54, 1.807) is 36.7 Å². The summed E-state index contributed by atoms with van der Waals surface area (Å²) in [6.07, 6.45) is 3.40. The quantitative estimate of drug-likeness (QED) is 0.415. The monoisotopic (exact) mass is 372 g/mol. The van der Waals surface area contributed by atoms with Crippen LogP contribution in [0.5, 0.6) is 0 Å². The zero-order valence-electron chi connectivity index (χ0n) is 15.0. The van der Waals surface area contributed by atoms with Gasteiger partial charge in [-0.25, -0.2) is 9.59 Å². The van der Waals surface area contributed by atoms with E-state index in [1.807, 2.05) is 30.3 Å². The van der Waals surface area contributed by atoms with E-state index in [-0.39, 0.29) is 0 Å². The molecule has 4 rings (SSSR count). The number of aromatic nitrogens is 2. The Morgan fingerprint density at radius 1 is 0.893 bits per heavy atom. The van der Waals surface area contributed by atoms with Crippen molar-refractivity contribution < 1.29 is 14.3 Å². The predicted octanol–water partition coefficient (Wildman–Crippen LogP) is 4.21. The fourth-order valence-corrected chi connectivity index (χ4v) is 2.98. The molecule has 2 aromatic heterocycles. The van der Waals surface area contributed by atoms with E-state index in [0.717, 1.165) is 16.3 Å². The molecule has 138 valence electrons. The summed E-state index contributed by atoms with van der Waals surface area (Å²) in [7, 11) is 1.32. The number of methoxy groups -OCH3 is 1. The number of pyridine rings is 2. The first-order chi connectivity index (χ1) is 13.7. The fraction of sp³-hybridized carbons (Fsp3) is 0.0476. The molecule has 0 aliphatic carbocycles. The summed E-state index contributed by atoms with van der Waals surface area (Å²) < 4.78 is 4.66. The number of ether oxygens (including phenoxy) is 1. The zero-order chi connectivity index (χ0) is 19.5. The number of benzene rings is 2. The van der Waals surface area contributed by atoms with E-state index in [4.69, 9.17) is 0 Å². The van der Waals surface area contributed by atoms with Crippen LogP contribution in [-0.2, 0) is 4.74 Å². The average molecular weight is 372 g/mol. The first-order valence-corrected chi connectivity index (χ1v) is 8.54. The van der Waals surface area contributed by atoms with Crippen molar-refractivity contribution >= 4 is 45.2 Å². The molecule has 28 heavy (non-hydrogen) atoms. The third-order valence-electron chi connectivity index (χ3n) is 4.27. The molecule has 2 N–H and O–H groups in total. The highest BCUT2D eigenvalue weighted by atomic mass is 16.5. The van der Waals surface area contributed by atoms with Crippen molar-refractivity contribution in [3.63, 3.8) is 0 Å². The molecule has 2 heterocycles. The molecule has 7 heteroatoms. The molecule has 4 aromatic rings. The Labute approximate surface area is 160 Å². The second-order valence-electron chi connectivity index (χ2n) is 6.05. The summed E-state index contributed by atoms with van der Waals surface area (Å²) in [4.78, 5) is 32.8. The van der Waals surface area contributed by atoms with Crippen molar-refractivity contribution in [1.29, 1.82) is 0 Å². The van der Waals surface area contributed by atoms with Gasteiger partial charge in [0.05, 0.1) is 29.4 Å². The third kappa shape index (κ3) is 3.33. The van der Waals surface area contributed by atoms with Crippen molar-refractivity contribution in [2.75, 3.05) is 17.7 Å². The minimum absolute atomic E-state index is 0.408. The van der Waals surface area contributed by atoms with E-state index >= 15 is 0 Å². The molecule has 0 radical (unpaired) electrons. The molecular weight excluding hydrogens is 356 g/mol. The van der Waals surface area contributed by atoms with Gasteiger partial charge in [0.15, 0.2) is 0 Å². The van der Waals surface area contributed by atoms with E-state index < -0.39 is 12.0 Å². The molecule has 0 aliphatic heterocycles. The number of rotatable bonds is 3. The van der Waals surface area contributed by atoms with Gasteiger partial charge in [-0.3, -0.25) is 9.97 Å². The number of hydrogen-bond acceptors (Lipinski definition) is 5. The highest BCUT2D eigenvalue weighted by Gasteiger charge is 2.11. The van der Waals surface area contributed by atoms with Crippen LogP contribution < -0.4 is 10.6 Å². The number of carbonyl (C=O) groups excluding carboxylic acids is 2. The van der Waals surface area contributed by atoms with Gasteiger partial charge in [0.1, 0.15) is 0 Å². The predicted molar refractivity (Wildman–Crippen MR) is 107 cm³/mol. The standard InChI is InChI=1S/C21H16N4O3/c1-28-20(26)13-6-8-15(9-7-13)24-21(27)25-17-12-14-4-2-10-22-18(14)16-5-3-11-23-19(16)17/h2-12H,1H3,(H2,24,25,27). The maximum absolute atomic E-state index is 12.5. The van der Waals surface area contributed by atoms with Gasteiger partial charge in [0.2, 0.25) is 0 Å². The molecule has 0 spiro atoms. The molecule has 0 bridgehead atoms.